The topological polar surface area (TPSA) is 71.2 Å². The van der Waals surface area contributed by atoms with E-state index >= 15 is 0 Å². The van der Waals surface area contributed by atoms with Gasteiger partial charge in [-0.05, 0) is 26.2 Å². The van der Waals surface area contributed by atoms with Crippen molar-refractivity contribution in [3.8, 4) is 0 Å². The summed E-state index contributed by atoms with van der Waals surface area (Å²) in [7, 11) is 0. The number of unbranched alkanes of at least 4 members (excludes halogenated alkanes) is 1. The largest absolute Gasteiger partial charge is 0.382 e. The molecule has 1 aromatic heterocycles. The highest BCUT2D eigenvalue weighted by atomic mass is 32.1. The first-order valence-electron chi connectivity index (χ1n) is 6.97. The first kappa shape index (κ1) is 14.1. The van der Waals surface area contributed by atoms with E-state index in [4.69, 9.17) is 5.73 Å². The van der Waals surface area contributed by atoms with E-state index < -0.39 is 0 Å². The first-order valence-corrected chi connectivity index (χ1v) is 7.79. The number of nitrogens with one attached hydrogen (secondary N) is 1. The van der Waals surface area contributed by atoms with Gasteiger partial charge in [-0.1, -0.05) is 24.7 Å². The summed E-state index contributed by atoms with van der Waals surface area (Å²) in [6.07, 6.45) is 4.46. The summed E-state index contributed by atoms with van der Waals surface area (Å²) in [4.78, 5) is 19.1. The zero-order valence-electron chi connectivity index (χ0n) is 11.6. The monoisotopic (exact) mass is 282 g/mol. The van der Waals surface area contributed by atoms with Crippen LogP contribution in [0.3, 0.4) is 0 Å². The van der Waals surface area contributed by atoms with Gasteiger partial charge in [0.15, 0.2) is 5.13 Å². The lowest BCUT2D eigenvalue weighted by molar-refractivity contribution is 0.0768. The molecule has 0 spiro atoms. The highest BCUT2D eigenvalue weighted by molar-refractivity contribution is 7.18. The second-order valence-corrected chi connectivity index (χ2v) is 5.89. The van der Waals surface area contributed by atoms with Gasteiger partial charge in [0, 0.05) is 19.1 Å². The van der Waals surface area contributed by atoms with Crippen molar-refractivity contribution in [1.82, 2.24) is 9.88 Å². The zero-order valence-corrected chi connectivity index (χ0v) is 12.4. The maximum atomic E-state index is 12.4. The van der Waals surface area contributed by atoms with Crippen LogP contribution in [0.2, 0.25) is 0 Å². The maximum absolute atomic E-state index is 12.4. The van der Waals surface area contributed by atoms with Gasteiger partial charge in [-0.3, -0.25) is 4.79 Å². The molecule has 1 amide bonds. The Hall–Kier alpha value is -1.30. The van der Waals surface area contributed by atoms with E-state index in [2.05, 4.69) is 17.2 Å². The van der Waals surface area contributed by atoms with Gasteiger partial charge in [0.25, 0.3) is 5.91 Å². The van der Waals surface area contributed by atoms with Crippen LogP contribution < -0.4 is 11.1 Å². The van der Waals surface area contributed by atoms with Crippen molar-refractivity contribution in [2.45, 2.75) is 45.6 Å². The average Bonchev–Trinajstić information content (AvgIpc) is 3.12. The van der Waals surface area contributed by atoms with Gasteiger partial charge in [0.05, 0.1) is 0 Å². The number of thiazole rings is 1. The van der Waals surface area contributed by atoms with Crippen molar-refractivity contribution in [1.29, 1.82) is 0 Å². The quantitative estimate of drug-likeness (QED) is 0.806. The van der Waals surface area contributed by atoms with Crippen molar-refractivity contribution in [2.75, 3.05) is 24.1 Å². The molecule has 6 heteroatoms. The number of aromatic nitrogens is 1. The first-order chi connectivity index (χ1) is 9.15. The molecular weight excluding hydrogens is 260 g/mol. The van der Waals surface area contributed by atoms with Crippen molar-refractivity contribution in [3.63, 3.8) is 0 Å². The predicted octanol–water partition coefficient (Wildman–Crippen LogP) is 2.56. The molecule has 0 aliphatic heterocycles. The highest BCUT2D eigenvalue weighted by Crippen LogP contribution is 2.31. The number of hydrogen-bond donors (Lipinski definition) is 2. The summed E-state index contributed by atoms with van der Waals surface area (Å²) in [6, 6.07) is 0.524. The molecule has 2 rings (SSSR count). The van der Waals surface area contributed by atoms with Crippen LogP contribution in [0.4, 0.5) is 10.9 Å². The van der Waals surface area contributed by atoms with Gasteiger partial charge in [0.1, 0.15) is 10.7 Å². The molecule has 1 heterocycles. The number of nitrogens with two attached hydrogens (primary N) is 1. The van der Waals surface area contributed by atoms with E-state index in [1.54, 1.807) is 0 Å². The SMILES string of the molecule is CCCCN(CC)C(=O)c1sc(NC2CC2)nc1N. The van der Waals surface area contributed by atoms with Crippen LogP contribution in [0, 0.1) is 0 Å². The number of nitrogen functional groups attached to an aromatic ring is 1. The predicted molar refractivity (Wildman–Crippen MR) is 79.7 cm³/mol. The Morgan fingerprint density at radius 3 is 2.84 bits per heavy atom. The summed E-state index contributed by atoms with van der Waals surface area (Å²) >= 11 is 1.37. The van der Waals surface area contributed by atoms with Gasteiger partial charge in [-0.15, -0.1) is 0 Å². The average molecular weight is 282 g/mol. The molecule has 0 radical (unpaired) electrons. The fraction of sp³-hybridized carbons (Fsp3) is 0.692. The third kappa shape index (κ3) is 3.59. The summed E-state index contributed by atoms with van der Waals surface area (Å²) < 4.78 is 0. The van der Waals surface area contributed by atoms with Crippen molar-refractivity contribution >= 4 is 28.2 Å². The van der Waals surface area contributed by atoms with Gasteiger partial charge in [-0.25, -0.2) is 4.98 Å². The third-order valence-electron chi connectivity index (χ3n) is 3.20. The molecular formula is C13H22N4OS. The van der Waals surface area contributed by atoms with E-state index in [0.717, 1.165) is 24.5 Å². The van der Waals surface area contributed by atoms with Gasteiger partial charge < -0.3 is 16.0 Å². The molecule has 106 valence electrons. The second kappa shape index (κ2) is 6.23. The standard InChI is InChI=1S/C13H22N4OS/c1-3-5-8-17(4-2)12(18)10-11(14)16-13(19-10)15-9-6-7-9/h9H,3-8,14H2,1-2H3,(H,15,16). The molecule has 5 nitrogen and oxygen atoms in total. The Morgan fingerprint density at radius 1 is 1.53 bits per heavy atom. The number of nitrogens with zero attached hydrogens (tertiary/aromatic N) is 2. The summed E-state index contributed by atoms with van der Waals surface area (Å²) in [5.41, 5.74) is 5.87. The number of carbonyl (C=O) groups excluding carboxylic acids is 1. The fourth-order valence-corrected chi connectivity index (χ4v) is 2.77. The fourth-order valence-electron chi connectivity index (χ4n) is 1.85. The molecule has 1 aromatic rings. The molecule has 0 unspecified atom stereocenters. The third-order valence-corrected chi connectivity index (χ3v) is 4.19. The van der Waals surface area contributed by atoms with Crippen LogP contribution in [0.5, 0.6) is 0 Å². The Balaban J connectivity index is 2.05. The minimum absolute atomic E-state index is 0.00907. The normalized spacial score (nSPS) is 14.4. The van der Waals surface area contributed by atoms with E-state index in [9.17, 15) is 4.79 Å². The Kier molecular flexibility index (Phi) is 4.63. The van der Waals surface area contributed by atoms with Crippen LogP contribution >= 0.6 is 11.3 Å². The van der Waals surface area contributed by atoms with Gasteiger partial charge >= 0.3 is 0 Å². The number of hydrogen-bond acceptors (Lipinski definition) is 5. The van der Waals surface area contributed by atoms with Crippen LogP contribution in [-0.2, 0) is 0 Å². The van der Waals surface area contributed by atoms with Crippen LogP contribution in [0.15, 0.2) is 0 Å². The summed E-state index contributed by atoms with van der Waals surface area (Å²) in [5.74, 6) is 0.364. The Morgan fingerprint density at radius 2 is 2.26 bits per heavy atom. The summed E-state index contributed by atoms with van der Waals surface area (Å²) in [5, 5.41) is 4.06. The number of rotatable bonds is 7. The molecule has 0 bridgehead atoms. The highest BCUT2D eigenvalue weighted by Gasteiger charge is 2.25. The zero-order chi connectivity index (χ0) is 13.8. The number of carbonyl (C=O) groups is 1. The minimum Gasteiger partial charge on any atom is -0.382 e. The van der Waals surface area contributed by atoms with Gasteiger partial charge in [0.2, 0.25) is 0 Å². The molecule has 0 aromatic carbocycles. The number of amides is 1. The smallest absolute Gasteiger partial charge is 0.267 e. The van der Waals surface area contributed by atoms with E-state index in [1.807, 2.05) is 11.8 Å². The lowest BCUT2D eigenvalue weighted by Crippen LogP contribution is -2.31. The number of anilines is 2. The van der Waals surface area contributed by atoms with E-state index in [-0.39, 0.29) is 5.91 Å². The molecule has 0 atom stereocenters. The lowest BCUT2D eigenvalue weighted by Gasteiger charge is -2.19. The van der Waals surface area contributed by atoms with Gasteiger partial charge in [-0.2, -0.15) is 0 Å². The molecule has 1 fully saturated rings. The van der Waals surface area contributed by atoms with E-state index in [0.29, 0.717) is 23.3 Å². The Bertz CT molecular complexity index is 442. The van der Waals surface area contributed by atoms with Crippen molar-refractivity contribution in [3.05, 3.63) is 4.88 Å². The second-order valence-electron chi connectivity index (χ2n) is 4.89. The molecule has 1 saturated carbocycles. The summed E-state index contributed by atoms with van der Waals surface area (Å²) in [6.45, 7) is 5.61. The molecule has 19 heavy (non-hydrogen) atoms. The molecule has 3 N–H and O–H groups in total. The Labute approximate surface area is 118 Å². The van der Waals surface area contributed by atoms with Crippen molar-refractivity contribution < 1.29 is 4.79 Å². The molecule has 1 aliphatic carbocycles. The van der Waals surface area contributed by atoms with Crippen LogP contribution in [-0.4, -0.2) is 34.9 Å². The molecule has 0 saturated heterocycles. The maximum Gasteiger partial charge on any atom is 0.267 e. The lowest BCUT2D eigenvalue weighted by atomic mass is 10.3. The van der Waals surface area contributed by atoms with Crippen LogP contribution in [0.25, 0.3) is 0 Å². The van der Waals surface area contributed by atoms with Crippen molar-refractivity contribution in [2.24, 2.45) is 0 Å². The minimum atomic E-state index is 0.00907. The molecule has 1 aliphatic rings. The van der Waals surface area contributed by atoms with Crippen LogP contribution in [0.1, 0.15) is 49.2 Å². The van der Waals surface area contributed by atoms with E-state index in [1.165, 1.54) is 24.2 Å².